The van der Waals surface area contributed by atoms with Gasteiger partial charge in [-0.2, -0.15) is 18.3 Å². The standard InChI is InChI=1S/C21H21F3N4S/c1-13-7-9-16(10-8-13)12-28-15(3)19(14(2)27-28)26-20(29)25-18-6-4-5-17(11-18)21(22,23)24/h4-11H,12H2,1-3H3,(H2,25,26,29). The predicted octanol–water partition coefficient (Wildman–Crippen LogP) is 5.68. The van der Waals surface area contributed by atoms with Crippen LogP contribution < -0.4 is 10.6 Å². The van der Waals surface area contributed by atoms with Crippen LogP contribution in [0.1, 0.15) is 28.1 Å². The van der Waals surface area contributed by atoms with Gasteiger partial charge in [0.25, 0.3) is 0 Å². The minimum Gasteiger partial charge on any atom is -0.332 e. The lowest BCUT2D eigenvalue weighted by Crippen LogP contribution is -2.20. The number of thiocarbonyl (C=S) groups is 1. The first kappa shape index (κ1) is 20.9. The van der Waals surface area contributed by atoms with Crippen LogP contribution in [0.3, 0.4) is 0 Å². The quantitative estimate of drug-likeness (QED) is 0.535. The van der Waals surface area contributed by atoms with Crippen molar-refractivity contribution >= 4 is 28.7 Å². The van der Waals surface area contributed by atoms with Crippen LogP contribution in [0.25, 0.3) is 0 Å². The van der Waals surface area contributed by atoms with E-state index in [0.29, 0.717) is 6.54 Å². The number of aromatic nitrogens is 2. The fourth-order valence-electron chi connectivity index (χ4n) is 2.95. The second-order valence-electron chi connectivity index (χ2n) is 6.85. The van der Waals surface area contributed by atoms with Crippen molar-refractivity contribution in [3.05, 3.63) is 76.6 Å². The second kappa shape index (κ2) is 8.24. The summed E-state index contributed by atoms with van der Waals surface area (Å²) >= 11 is 5.29. The normalized spacial score (nSPS) is 11.4. The summed E-state index contributed by atoms with van der Waals surface area (Å²) in [6.45, 7) is 6.42. The van der Waals surface area contributed by atoms with Gasteiger partial charge in [0, 0.05) is 5.69 Å². The maximum atomic E-state index is 12.9. The molecular weight excluding hydrogens is 397 g/mol. The zero-order valence-electron chi connectivity index (χ0n) is 16.3. The molecule has 8 heteroatoms. The summed E-state index contributed by atoms with van der Waals surface area (Å²) in [5, 5.41) is 10.6. The lowest BCUT2D eigenvalue weighted by atomic mass is 10.1. The number of hydrogen-bond acceptors (Lipinski definition) is 2. The molecule has 1 heterocycles. The van der Waals surface area contributed by atoms with E-state index in [-0.39, 0.29) is 10.8 Å². The van der Waals surface area contributed by atoms with Crippen LogP contribution >= 0.6 is 12.2 Å². The highest BCUT2D eigenvalue weighted by Gasteiger charge is 2.30. The van der Waals surface area contributed by atoms with Gasteiger partial charge in [-0.25, -0.2) is 0 Å². The van der Waals surface area contributed by atoms with Crippen molar-refractivity contribution in [3.8, 4) is 0 Å². The molecule has 0 spiro atoms. The van der Waals surface area contributed by atoms with Crippen LogP contribution in [0.4, 0.5) is 24.5 Å². The van der Waals surface area contributed by atoms with Gasteiger partial charge in [0.15, 0.2) is 5.11 Å². The van der Waals surface area contributed by atoms with Crippen molar-refractivity contribution in [2.45, 2.75) is 33.5 Å². The van der Waals surface area contributed by atoms with E-state index < -0.39 is 11.7 Å². The van der Waals surface area contributed by atoms with E-state index in [4.69, 9.17) is 12.2 Å². The maximum Gasteiger partial charge on any atom is 0.416 e. The molecule has 0 amide bonds. The largest absolute Gasteiger partial charge is 0.416 e. The van der Waals surface area contributed by atoms with Gasteiger partial charge in [-0.05, 0) is 56.8 Å². The number of anilines is 2. The molecule has 0 bridgehead atoms. The Morgan fingerprint density at radius 2 is 1.72 bits per heavy atom. The Labute approximate surface area is 172 Å². The third-order valence-electron chi connectivity index (χ3n) is 4.52. The summed E-state index contributed by atoms with van der Waals surface area (Å²) in [5.41, 5.74) is 4.22. The third-order valence-corrected chi connectivity index (χ3v) is 4.72. The number of benzene rings is 2. The highest BCUT2D eigenvalue weighted by atomic mass is 32.1. The highest BCUT2D eigenvalue weighted by Crippen LogP contribution is 2.30. The summed E-state index contributed by atoms with van der Waals surface area (Å²) in [6, 6.07) is 13.1. The molecule has 1 aromatic heterocycles. The van der Waals surface area contributed by atoms with Gasteiger partial charge in [0.05, 0.1) is 29.2 Å². The number of alkyl halides is 3. The molecule has 2 N–H and O–H groups in total. The van der Waals surface area contributed by atoms with Crippen molar-refractivity contribution in [1.29, 1.82) is 0 Å². The average Bonchev–Trinajstić information content (AvgIpc) is 2.90. The fourth-order valence-corrected chi connectivity index (χ4v) is 3.17. The number of rotatable bonds is 4. The average molecular weight is 418 g/mol. The molecule has 152 valence electrons. The van der Waals surface area contributed by atoms with E-state index in [1.165, 1.54) is 17.7 Å². The molecule has 0 radical (unpaired) electrons. The van der Waals surface area contributed by atoms with Crippen LogP contribution in [0, 0.1) is 20.8 Å². The van der Waals surface area contributed by atoms with E-state index in [1.54, 1.807) is 0 Å². The van der Waals surface area contributed by atoms with Gasteiger partial charge in [0.1, 0.15) is 0 Å². The van der Waals surface area contributed by atoms with Crippen molar-refractivity contribution in [3.63, 3.8) is 0 Å². The summed E-state index contributed by atoms with van der Waals surface area (Å²) in [5.74, 6) is 0. The molecule has 2 aromatic carbocycles. The fraction of sp³-hybridized carbons (Fsp3) is 0.238. The number of aryl methyl sites for hydroxylation is 2. The Morgan fingerprint density at radius 3 is 2.38 bits per heavy atom. The Hall–Kier alpha value is -2.87. The van der Waals surface area contributed by atoms with Crippen molar-refractivity contribution in [2.24, 2.45) is 0 Å². The topological polar surface area (TPSA) is 41.9 Å². The number of halogens is 3. The molecule has 0 unspecified atom stereocenters. The Kier molecular flexibility index (Phi) is 5.93. The lowest BCUT2D eigenvalue weighted by molar-refractivity contribution is -0.137. The van der Waals surface area contributed by atoms with E-state index >= 15 is 0 Å². The van der Waals surface area contributed by atoms with Crippen molar-refractivity contribution < 1.29 is 13.2 Å². The minimum absolute atomic E-state index is 0.199. The Balaban J connectivity index is 1.72. The molecule has 0 fully saturated rings. The molecule has 4 nitrogen and oxygen atoms in total. The zero-order chi connectivity index (χ0) is 21.2. The first-order valence-corrected chi connectivity index (χ1v) is 9.39. The summed E-state index contributed by atoms with van der Waals surface area (Å²) in [6.07, 6.45) is -4.41. The van der Waals surface area contributed by atoms with E-state index in [0.717, 1.165) is 34.8 Å². The zero-order valence-corrected chi connectivity index (χ0v) is 17.1. The molecule has 0 saturated heterocycles. The molecule has 3 rings (SSSR count). The van der Waals surface area contributed by atoms with Crippen LogP contribution in [0.15, 0.2) is 48.5 Å². The molecular formula is C21H21F3N4S. The van der Waals surface area contributed by atoms with Crippen LogP contribution in [-0.4, -0.2) is 14.9 Å². The summed E-state index contributed by atoms with van der Waals surface area (Å²) in [4.78, 5) is 0. The van der Waals surface area contributed by atoms with E-state index in [1.807, 2.05) is 37.6 Å². The second-order valence-corrected chi connectivity index (χ2v) is 7.26. The van der Waals surface area contributed by atoms with Gasteiger partial charge in [-0.15, -0.1) is 0 Å². The molecule has 0 atom stereocenters. The minimum atomic E-state index is -4.41. The van der Waals surface area contributed by atoms with Crippen molar-refractivity contribution in [1.82, 2.24) is 9.78 Å². The smallest absolute Gasteiger partial charge is 0.332 e. The van der Waals surface area contributed by atoms with Gasteiger partial charge in [0.2, 0.25) is 0 Å². The van der Waals surface area contributed by atoms with Crippen LogP contribution in [0.2, 0.25) is 0 Å². The lowest BCUT2D eigenvalue weighted by Gasteiger charge is -2.13. The van der Waals surface area contributed by atoms with Crippen LogP contribution in [-0.2, 0) is 12.7 Å². The number of nitrogens with zero attached hydrogens (tertiary/aromatic N) is 2. The highest BCUT2D eigenvalue weighted by molar-refractivity contribution is 7.80. The summed E-state index contributed by atoms with van der Waals surface area (Å²) in [7, 11) is 0. The monoisotopic (exact) mass is 418 g/mol. The Bertz CT molecular complexity index is 1020. The first-order chi connectivity index (χ1) is 13.6. The predicted molar refractivity (Wildman–Crippen MR) is 113 cm³/mol. The van der Waals surface area contributed by atoms with Gasteiger partial charge >= 0.3 is 6.18 Å². The number of nitrogens with one attached hydrogen (secondary N) is 2. The van der Waals surface area contributed by atoms with Gasteiger partial charge in [-0.1, -0.05) is 35.9 Å². The molecule has 0 saturated carbocycles. The maximum absolute atomic E-state index is 12.9. The van der Waals surface area contributed by atoms with Gasteiger partial charge < -0.3 is 10.6 Å². The molecule has 29 heavy (non-hydrogen) atoms. The van der Waals surface area contributed by atoms with E-state index in [2.05, 4.69) is 27.9 Å². The number of hydrogen-bond donors (Lipinski definition) is 2. The molecule has 0 aliphatic rings. The van der Waals surface area contributed by atoms with Crippen LogP contribution in [0.5, 0.6) is 0 Å². The SMILES string of the molecule is Cc1ccc(Cn2nc(C)c(NC(=S)Nc3cccc(C(F)(F)F)c3)c2C)cc1. The third kappa shape index (κ3) is 5.14. The first-order valence-electron chi connectivity index (χ1n) is 8.98. The van der Waals surface area contributed by atoms with E-state index in [9.17, 15) is 13.2 Å². The Morgan fingerprint density at radius 1 is 1.03 bits per heavy atom. The summed E-state index contributed by atoms with van der Waals surface area (Å²) < 4.78 is 40.5. The van der Waals surface area contributed by atoms with Gasteiger partial charge in [-0.3, -0.25) is 4.68 Å². The molecule has 0 aliphatic carbocycles. The van der Waals surface area contributed by atoms with Crippen molar-refractivity contribution in [2.75, 3.05) is 10.6 Å². The molecule has 0 aliphatic heterocycles. The molecule has 3 aromatic rings.